The highest BCUT2D eigenvalue weighted by Crippen LogP contribution is 2.32. The first-order valence-corrected chi connectivity index (χ1v) is 8.86. The summed E-state index contributed by atoms with van der Waals surface area (Å²) in [5.41, 5.74) is 3.37. The Morgan fingerprint density at radius 1 is 1.25 bits per heavy atom. The average molecular weight is 330 g/mol. The van der Waals surface area contributed by atoms with Crippen molar-refractivity contribution in [2.45, 2.75) is 59.3 Å². The predicted molar refractivity (Wildman–Crippen MR) is 94.2 cm³/mol. The standard InChI is InChI=1S/C18H26N4O2/c1-5-13-15(18(23)24)14(11(2)3)16-19-12(4)17(22(16)20-13)21-9-7-6-8-10-21/h11H,5-10H2,1-4H3,(H,23,24). The summed E-state index contributed by atoms with van der Waals surface area (Å²) >= 11 is 0. The van der Waals surface area contributed by atoms with E-state index in [9.17, 15) is 9.90 Å². The minimum Gasteiger partial charge on any atom is -0.478 e. The summed E-state index contributed by atoms with van der Waals surface area (Å²) in [4.78, 5) is 18.9. The van der Waals surface area contributed by atoms with Gasteiger partial charge in [0.25, 0.3) is 0 Å². The minimum atomic E-state index is -0.911. The summed E-state index contributed by atoms with van der Waals surface area (Å²) in [7, 11) is 0. The molecule has 0 saturated carbocycles. The molecule has 0 aliphatic carbocycles. The highest BCUT2D eigenvalue weighted by Gasteiger charge is 2.27. The van der Waals surface area contributed by atoms with Crippen LogP contribution in [0.1, 0.15) is 73.3 Å². The summed E-state index contributed by atoms with van der Waals surface area (Å²) in [6, 6.07) is 0. The lowest BCUT2D eigenvalue weighted by atomic mass is 9.96. The summed E-state index contributed by atoms with van der Waals surface area (Å²) < 4.78 is 1.89. The molecule has 1 N–H and O–H groups in total. The summed E-state index contributed by atoms with van der Waals surface area (Å²) in [5, 5.41) is 14.4. The van der Waals surface area contributed by atoms with Crippen molar-refractivity contribution in [3.8, 4) is 0 Å². The Morgan fingerprint density at radius 2 is 1.92 bits per heavy atom. The van der Waals surface area contributed by atoms with Gasteiger partial charge in [0.2, 0.25) is 0 Å². The van der Waals surface area contributed by atoms with Crippen molar-refractivity contribution >= 4 is 17.4 Å². The highest BCUT2D eigenvalue weighted by molar-refractivity contribution is 5.93. The van der Waals surface area contributed by atoms with E-state index >= 15 is 0 Å². The van der Waals surface area contributed by atoms with Crippen molar-refractivity contribution in [2.75, 3.05) is 18.0 Å². The van der Waals surface area contributed by atoms with E-state index in [0.29, 0.717) is 23.3 Å². The molecule has 1 saturated heterocycles. The quantitative estimate of drug-likeness (QED) is 0.930. The molecule has 0 spiro atoms. The third kappa shape index (κ3) is 2.64. The van der Waals surface area contributed by atoms with Crippen LogP contribution in [0.5, 0.6) is 0 Å². The molecule has 0 atom stereocenters. The lowest BCUT2D eigenvalue weighted by Gasteiger charge is -2.28. The lowest BCUT2D eigenvalue weighted by molar-refractivity contribution is 0.0693. The third-order valence-electron chi connectivity index (χ3n) is 4.80. The fourth-order valence-corrected chi connectivity index (χ4v) is 3.72. The van der Waals surface area contributed by atoms with Gasteiger partial charge in [-0.05, 0) is 38.5 Å². The second-order valence-corrected chi connectivity index (χ2v) is 6.85. The van der Waals surface area contributed by atoms with E-state index in [1.165, 1.54) is 19.3 Å². The zero-order valence-corrected chi connectivity index (χ0v) is 15.0. The second-order valence-electron chi connectivity index (χ2n) is 6.85. The van der Waals surface area contributed by atoms with Crippen LogP contribution in [0.25, 0.3) is 5.65 Å². The summed E-state index contributed by atoms with van der Waals surface area (Å²) in [6.07, 6.45) is 4.21. The van der Waals surface area contributed by atoms with Crippen molar-refractivity contribution in [3.63, 3.8) is 0 Å². The van der Waals surface area contributed by atoms with E-state index in [-0.39, 0.29) is 5.92 Å². The fourth-order valence-electron chi connectivity index (χ4n) is 3.72. The second kappa shape index (κ2) is 6.42. The van der Waals surface area contributed by atoms with Crippen LogP contribution in [0.15, 0.2) is 0 Å². The largest absolute Gasteiger partial charge is 0.478 e. The molecule has 3 heterocycles. The van der Waals surface area contributed by atoms with Gasteiger partial charge in [0.1, 0.15) is 0 Å². The van der Waals surface area contributed by atoms with Gasteiger partial charge >= 0.3 is 5.97 Å². The van der Waals surface area contributed by atoms with Crippen LogP contribution < -0.4 is 4.90 Å². The number of aromatic nitrogens is 3. The molecule has 3 rings (SSSR count). The first kappa shape index (κ1) is 16.7. The molecule has 1 aliphatic heterocycles. The number of carbonyl (C=O) groups is 1. The van der Waals surface area contributed by atoms with E-state index in [4.69, 9.17) is 4.98 Å². The van der Waals surface area contributed by atoms with Crippen molar-refractivity contribution in [3.05, 3.63) is 22.5 Å². The van der Waals surface area contributed by atoms with E-state index < -0.39 is 5.97 Å². The fraction of sp³-hybridized carbons (Fsp3) is 0.611. The number of carboxylic acid groups (broad SMARTS) is 1. The molecule has 0 unspecified atom stereocenters. The molecular weight excluding hydrogens is 304 g/mol. The maximum atomic E-state index is 11.9. The molecule has 0 radical (unpaired) electrons. The van der Waals surface area contributed by atoms with Crippen LogP contribution in [-0.2, 0) is 6.42 Å². The van der Waals surface area contributed by atoms with Crippen LogP contribution >= 0.6 is 0 Å². The van der Waals surface area contributed by atoms with Gasteiger partial charge in [0.15, 0.2) is 11.5 Å². The zero-order valence-electron chi connectivity index (χ0n) is 15.0. The molecule has 0 amide bonds. The SMILES string of the molecule is CCc1nn2c(N3CCCCC3)c(C)nc2c(C(C)C)c1C(=O)O. The Labute approximate surface area is 142 Å². The molecule has 6 heteroatoms. The Kier molecular flexibility index (Phi) is 4.47. The monoisotopic (exact) mass is 330 g/mol. The Balaban J connectivity index is 2.32. The lowest BCUT2D eigenvalue weighted by Crippen LogP contribution is -2.31. The van der Waals surface area contributed by atoms with Gasteiger partial charge in [-0.1, -0.05) is 20.8 Å². The molecule has 24 heavy (non-hydrogen) atoms. The van der Waals surface area contributed by atoms with Crippen LogP contribution in [-0.4, -0.2) is 38.8 Å². The number of rotatable bonds is 4. The van der Waals surface area contributed by atoms with Crippen LogP contribution in [0.2, 0.25) is 0 Å². The van der Waals surface area contributed by atoms with Crippen LogP contribution in [0.3, 0.4) is 0 Å². The number of imidazole rings is 1. The topological polar surface area (TPSA) is 70.7 Å². The molecule has 6 nitrogen and oxygen atoms in total. The first-order chi connectivity index (χ1) is 11.5. The number of hydrogen-bond acceptors (Lipinski definition) is 4. The molecule has 0 aromatic carbocycles. The Morgan fingerprint density at radius 3 is 2.46 bits per heavy atom. The number of aromatic carboxylic acids is 1. The van der Waals surface area contributed by atoms with Gasteiger partial charge < -0.3 is 10.0 Å². The van der Waals surface area contributed by atoms with Gasteiger partial charge in [-0.2, -0.15) is 9.61 Å². The minimum absolute atomic E-state index is 0.0721. The van der Waals surface area contributed by atoms with Crippen molar-refractivity contribution in [1.82, 2.24) is 14.6 Å². The normalized spacial score (nSPS) is 15.5. The Bertz CT molecular complexity index is 773. The molecule has 1 aliphatic rings. The van der Waals surface area contributed by atoms with E-state index in [0.717, 1.165) is 30.2 Å². The first-order valence-electron chi connectivity index (χ1n) is 8.86. The van der Waals surface area contributed by atoms with Gasteiger partial charge in [0.05, 0.1) is 17.0 Å². The molecule has 130 valence electrons. The third-order valence-corrected chi connectivity index (χ3v) is 4.80. The average Bonchev–Trinajstić information content (AvgIpc) is 2.88. The number of carboxylic acids is 1. The van der Waals surface area contributed by atoms with Crippen molar-refractivity contribution < 1.29 is 9.90 Å². The van der Waals surface area contributed by atoms with Crippen molar-refractivity contribution in [2.24, 2.45) is 0 Å². The van der Waals surface area contributed by atoms with Crippen molar-refractivity contribution in [1.29, 1.82) is 0 Å². The number of aryl methyl sites for hydroxylation is 2. The highest BCUT2D eigenvalue weighted by atomic mass is 16.4. The molecule has 0 bridgehead atoms. The number of piperidine rings is 1. The number of anilines is 1. The number of fused-ring (bicyclic) bond motifs is 1. The molecular formula is C18H26N4O2. The number of hydrogen-bond donors (Lipinski definition) is 1. The molecule has 2 aromatic heterocycles. The van der Waals surface area contributed by atoms with E-state index in [1.807, 2.05) is 32.2 Å². The summed E-state index contributed by atoms with van der Waals surface area (Å²) in [5.74, 6) is 0.187. The van der Waals surface area contributed by atoms with Gasteiger partial charge in [-0.25, -0.2) is 9.78 Å². The maximum absolute atomic E-state index is 11.9. The summed E-state index contributed by atoms with van der Waals surface area (Å²) in [6.45, 7) is 10.0. The zero-order chi connectivity index (χ0) is 17.4. The molecule has 2 aromatic rings. The predicted octanol–water partition coefficient (Wildman–Crippen LogP) is 3.41. The van der Waals surface area contributed by atoms with Gasteiger partial charge in [-0.3, -0.25) is 0 Å². The Hall–Kier alpha value is -2.11. The van der Waals surface area contributed by atoms with Gasteiger partial charge in [0, 0.05) is 18.7 Å². The maximum Gasteiger partial charge on any atom is 0.338 e. The van der Waals surface area contributed by atoms with Crippen LogP contribution in [0.4, 0.5) is 5.82 Å². The number of nitrogens with zero attached hydrogens (tertiary/aromatic N) is 4. The van der Waals surface area contributed by atoms with E-state index in [2.05, 4.69) is 10.00 Å². The smallest absolute Gasteiger partial charge is 0.338 e. The van der Waals surface area contributed by atoms with E-state index in [1.54, 1.807) is 0 Å². The van der Waals surface area contributed by atoms with Gasteiger partial charge in [-0.15, -0.1) is 0 Å². The van der Waals surface area contributed by atoms with Crippen LogP contribution in [0, 0.1) is 6.92 Å². The molecule has 1 fully saturated rings.